The number of methoxy groups -OCH3 is 1. The number of carbonyl (C=O) groups excluding carboxylic acids is 4. The summed E-state index contributed by atoms with van der Waals surface area (Å²) in [7, 11) is -2.83. The van der Waals surface area contributed by atoms with Crippen LogP contribution in [0.2, 0.25) is 0 Å². The number of nitrogens with zero attached hydrogens (tertiary/aromatic N) is 3. The minimum Gasteiger partial charge on any atom is -0.497 e. The van der Waals surface area contributed by atoms with Gasteiger partial charge in [0.05, 0.1) is 53.2 Å². The number of rotatable bonds is 9. The largest absolute Gasteiger partial charge is 0.497 e. The van der Waals surface area contributed by atoms with Gasteiger partial charge in [0.2, 0.25) is 34.1 Å². The van der Waals surface area contributed by atoms with E-state index in [1.807, 2.05) is 4.72 Å². The van der Waals surface area contributed by atoms with Crippen LogP contribution in [0, 0.1) is 34.5 Å². The van der Waals surface area contributed by atoms with Crippen molar-refractivity contribution in [2.24, 2.45) is 34.5 Å². The van der Waals surface area contributed by atoms with E-state index in [4.69, 9.17) is 14.2 Å². The highest BCUT2D eigenvalue weighted by atomic mass is 32.2. The van der Waals surface area contributed by atoms with E-state index >= 15 is 8.78 Å². The molecule has 1 saturated heterocycles. The number of alkyl halides is 4. The van der Waals surface area contributed by atoms with Gasteiger partial charge in [-0.2, -0.15) is 8.78 Å². The number of carbonyl (C=O) groups is 4. The van der Waals surface area contributed by atoms with E-state index in [0.29, 0.717) is 25.0 Å². The molecule has 0 spiro atoms. The van der Waals surface area contributed by atoms with E-state index in [-0.39, 0.29) is 55.6 Å². The quantitative estimate of drug-likeness (QED) is 0.216. The number of benzene rings is 1. The van der Waals surface area contributed by atoms with Gasteiger partial charge in [-0.1, -0.05) is 34.1 Å². The van der Waals surface area contributed by atoms with Crippen LogP contribution in [0.4, 0.5) is 17.6 Å². The molecule has 1 aromatic carbocycles. The smallest absolute Gasteiger partial charge is 0.306 e. The van der Waals surface area contributed by atoms with Gasteiger partial charge in [-0.25, -0.2) is 27.2 Å². The van der Waals surface area contributed by atoms with Crippen LogP contribution in [0.5, 0.6) is 11.6 Å². The van der Waals surface area contributed by atoms with Gasteiger partial charge in [-0.15, -0.1) is 0 Å². The molecule has 2 aliphatic heterocycles. The van der Waals surface area contributed by atoms with Crippen LogP contribution in [0.1, 0.15) is 111 Å². The van der Waals surface area contributed by atoms with Crippen molar-refractivity contribution in [2.45, 2.75) is 141 Å². The standard InChI is InChI=1S/C42H54F4N4O9S/c1-7-24-31-21-50(33(24)29(51)20-41(19-26(41)35(43)44)38(54)49-60(55,56)40(5)14-15-40)37(53)25(39(2,3)4)18-32(52)58-30-16-22(30)10-8-9-13-42(45,46)34-36(59-31)48-28-17-23(57-6)11-12-27(28)47-34/h11-12,17,22,24-26,30-31,33,35H,7-10,13-16,18-21H2,1-6H3,(H,49,54). The van der Waals surface area contributed by atoms with Crippen LogP contribution in [-0.2, 0) is 39.9 Å². The lowest BCUT2D eigenvalue weighted by Crippen LogP contribution is -2.50. The first-order valence-corrected chi connectivity index (χ1v) is 22.3. The molecule has 60 heavy (non-hydrogen) atoms. The van der Waals surface area contributed by atoms with E-state index in [0.717, 1.165) is 0 Å². The minimum atomic E-state index is -4.27. The van der Waals surface area contributed by atoms with Crippen LogP contribution in [0.3, 0.4) is 0 Å². The van der Waals surface area contributed by atoms with E-state index in [1.54, 1.807) is 33.8 Å². The average molecular weight is 867 g/mol. The molecule has 1 aromatic heterocycles. The van der Waals surface area contributed by atoms with E-state index in [2.05, 4.69) is 9.97 Å². The highest BCUT2D eigenvalue weighted by Crippen LogP contribution is 2.59. The van der Waals surface area contributed by atoms with Crippen molar-refractivity contribution in [1.82, 2.24) is 19.6 Å². The zero-order valence-electron chi connectivity index (χ0n) is 34.8. The second-order valence-corrected chi connectivity index (χ2v) is 21.0. The average Bonchev–Trinajstić information content (AvgIpc) is 4.12. The molecule has 8 unspecified atom stereocenters. The highest BCUT2D eigenvalue weighted by Gasteiger charge is 2.67. The first kappa shape index (κ1) is 44.0. The van der Waals surface area contributed by atoms with Crippen molar-refractivity contribution in [3.05, 3.63) is 23.9 Å². The number of aromatic nitrogens is 2. The monoisotopic (exact) mass is 866 g/mol. The molecule has 3 aliphatic carbocycles. The molecular weight excluding hydrogens is 813 g/mol. The number of halogens is 4. The number of hydrogen-bond donors (Lipinski definition) is 1. The number of ether oxygens (including phenoxy) is 3. The molecule has 5 aliphatic rings. The summed E-state index contributed by atoms with van der Waals surface area (Å²) in [6.45, 7) is 8.01. The third-order valence-electron chi connectivity index (χ3n) is 13.5. The Bertz CT molecular complexity index is 2160. The van der Waals surface area contributed by atoms with Crippen LogP contribution < -0.4 is 14.2 Å². The second-order valence-electron chi connectivity index (χ2n) is 18.8. The first-order valence-electron chi connectivity index (χ1n) is 20.8. The van der Waals surface area contributed by atoms with Gasteiger partial charge < -0.3 is 19.1 Å². The summed E-state index contributed by atoms with van der Waals surface area (Å²) in [6, 6.07) is 3.12. The molecule has 2 aromatic rings. The Balaban J connectivity index is 1.30. The SMILES string of the molecule is CCC1C2CN(C(=O)C(C(C)(C)C)CC(=O)OC3CC3CCCCC(F)(F)c3nc4ccc(OC)cc4nc3O2)C1C(=O)CC1(C(=O)NS(=O)(=O)C2(C)CC2)CC1C(F)F. The molecule has 4 fully saturated rings. The lowest BCUT2D eigenvalue weighted by Gasteiger charge is -2.35. The molecule has 2 amide bonds. The molecule has 13 nitrogen and oxygen atoms in total. The fourth-order valence-corrected chi connectivity index (χ4v) is 10.4. The molecule has 3 heterocycles. The molecule has 8 atom stereocenters. The number of sulfonamides is 1. The fraction of sp³-hybridized carbons (Fsp3) is 0.714. The normalized spacial score (nSPS) is 31.5. The van der Waals surface area contributed by atoms with E-state index in [1.165, 1.54) is 31.1 Å². The zero-order chi connectivity index (χ0) is 43.7. The Kier molecular flexibility index (Phi) is 11.5. The second kappa shape index (κ2) is 15.7. The van der Waals surface area contributed by atoms with E-state index < -0.39 is 128 Å². The minimum absolute atomic E-state index is 0.0163. The van der Waals surface area contributed by atoms with Gasteiger partial charge in [-0.05, 0) is 75.3 Å². The summed E-state index contributed by atoms with van der Waals surface area (Å²) in [4.78, 5) is 66.9. The summed E-state index contributed by atoms with van der Waals surface area (Å²) in [6.07, 6.45) is -4.58. The van der Waals surface area contributed by atoms with Crippen LogP contribution in [0.25, 0.3) is 11.0 Å². The van der Waals surface area contributed by atoms with Crippen molar-refractivity contribution in [3.8, 4) is 11.6 Å². The third kappa shape index (κ3) is 8.42. The molecule has 2 bridgehead atoms. The van der Waals surface area contributed by atoms with Crippen molar-refractivity contribution < 1.29 is 59.4 Å². The third-order valence-corrected chi connectivity index (χ3v) is 15.7. The predicted molar refractivity (Wildman–Crippen MR) is 209 cm³/mol. The first-order chi connectivity index (χ1) is 28.0. The van der Waals surface area contributed by atoms with Crippen LogP contribution in [-0.4, -0.2) is 89.9 Å². The van der Waals surface area contributed by atoms with Crippen molar-refractivity contribution in [2.75, 3.05) is 13.7 Å². The number of hydrogen-bond acceptors (Lipinski definition) is 11. The Morgan fingerprint density at radius 2 is 1.77 bits per heavy atom. The predicted octanol–water partition coefficient (Wildman–Crippen LogP) is 6.50. The molecule has 7 rings (SSSR count). The van der Waals surface area contributed by atoms with Gasteiger partial charge in [0.15, 0.2) is 11.5 Å². The molecule has 3 saturated carbocycles. The van der Waals surface area contributed by atoms with Gasteiger partial charge in [0, 0.05) is 30.7 Å². The Morgan fingerprint density at radius 3 is 2.38 bits per heavy atom. The lowest BCUT2D eigenvalue weighted by atomic mass is 9.77. The van der Waals surface area contributed by atoms with Crippen molar-refractivity contribution in [1.29, 1.82) is 0 Å². The maximum atomic E-state index is 16.4. The molecule has 330 valence electrons. The maximum absolute atomic E-state index is 16.4. The number of amides is 2. The van der Waals surface area contributed by atoms with Crippen LogP contribution in [0.15, 0.2) is 18.2 Å². The number of nitrogens with one attached hydrogen (secondary N) is 1. The van der Waals surface area contributed by atoms with Gasteiger partial charge in [0.25, 0.3) is 5.92 Å². The number of Topliss-reactive ketones (excluding diaryl/α,β-unsaturated/α-hetero) is 1. The Morgan fingerprint density at radius 1 is 1.05 bits per heavy atom. The molecule has 1 N–H and O–H groups in total. The van der Waals surface area contributed by atoms with Gasteiger partial charge >= 0.3 is 5.97 Å². The van der Waals surface area contributed by atoms with Gasteiger partial charge in [-0.3, -0.25) is 23.9 Å². The molecular formula is C42H54F4N4O9S. The van der Waals surface area contributed by atoms with Crippen LogP contribution >= 0.6 is 0 Å². The van der Waals surface area contributed by atoms with Crippen molar-refractivity contribution in [3.63, 3.8) is 0 Å². The fourth-order valence-electron chi connectivity index (χ4n) is 9.04. The van der Waals surface area contributed by atoms with E-state index in [9.17, 15) is 36.4 Å². The number of ketones is 1. The maximum Gasteiger partial charge on any atom is 0.306 e. The number of esters is 1. The summed E-state index contributed by atoms with van der Waals surface area (Å²) < 4.78 is 106. The summed E-state index contributed by atoms with van der Waals surface area (Å²) in [5, 5.41) is 0. The highest BCUT2D eigenvalue weighted by molar-refractivity contribution is 7.91. The zero-order valence-corrected chi connectivity index (χ0v) is 35.6. The molecule has 0 radical (unpaired) electrons. The van der Waals surface area contributed by atoms with Gasteiger partial charge in [0.1, 0.15) is 18.0 Å². The summed E-state index contributed by atoms with van der Waals surface area (Å²) in [5.41, 5.74) is -3.36. The molecule has 18 heteroatoms. The Hall–Kier alpha value is -4.09. The van der Waals surface area contributed by atoms with Crippen molar-refractivity contribution >= 4 is 44.6 Å². The lowest BCUT2D eigenvalue weighted by molar-refractivity contribution is -0.154. The summed E-state index contributed by atoms with van der Waals surface area (Å²) in [5.74, 6) is -10.6. The topological polar surface area (TPSA) is 171 Å². The number of fused-ring (bicyclic) bond motifs is 5. The summed E-state index contributed by atoms with van der Waals surface area (Å²) >= 11 is 0. The Labute approximate surface area is 347 Å².